The molecule has 2 aromatic carbocycles. The number of carbonyl (C=O) groups excluding carboxylic acids is 2. The van der Waals surface area contributed by atoms with E-state index in [0.29, 0.717) is 31.2 Å². The SMILES string of the molecule is COc1ccc(C)cc1NC(=O)C(=O)NC[C@@H](c1ccc2c(c1)CCN2C)N1CCOCC1. The second kappa shape index (κ2) is 10.2. The number of rotatable bonds is 6. The van der Waals surface area contributed by atoms with Crippen molar-refractivity contribution in [2.24, 2.45) is 0 Å². The molecule has 0 saturated carbocycles. The molecular formula is C25H32N4O4. The Balaban J connectivity index is 1.46. The number of hydrogen-bond acceptors (Lipinski definition) is 6. The van der Waals surface area contributed by atoms with Gasteiger partial charge in [-0.2, -0.15) is 0 Å². The number of ether oxygens (including phenoxy) is 2. The molecule has 2 aromatic rings. The second-order valence-corrected chi connectivity index (χ2v) is 8.59. The third-order valence-corrected chi connectivity index (χ3v) is 6.37. The first-order valence-corrected chi connectivity index (χ1v) is 11.4. The van der Waals surface area contributed by atoms with Crippen molar-refractivity contribution >= 4 is 23.2 Å². The zero-order valence-electron chi connectivity index (χ0n) is 19.5. The van der Waals surface area contributed by atoms with Crippen LogP contribution < -0.4 is 20.3 Å². The van der Waals surface area contributed by atoms with Crippen molar-refractivity contribution in [2.45, 2.75) is 19.4 Å². The number of carbonyl (C=O) groups is 2. The second-order valence-electron chi connectivity index (χ2n) is 8.59. The molecule has 2 aliphatic rings. The number of benzene rings is 2. The molecule has 1 atom stereocenters. The Labute approximate surface area is 194 Å². The molecular weight excluding hydrogens is 420 g/mol. The Morgan fingerprint density at radius 2 is 1.88 bits per heavy atom. The number of anilines is 2. The van der Waals surface area contributed by atoms with E-state index in [1.807, 2.05) is 13.0 Å². The van der Waals surface area contributed by atoms with Gasteiger partial charge in [-0.15, -0.1) is 0 Å². The monoisotopic (exact) mass is 452 g/mol. The predicted molar refractivity (Wildman–Crippen MR) is 128 cm³/mol. The first kappa shape index (κ1) is 23.1. The maximum atomic E-state index is 12.7. The van der Waals surface area contributed by atoms with Gasteiger partial charge in [0.25, 0.3) is 0 Å². The number of likely N-dealkylation sites (N-methyl/N-ethyl adjacent to an activating group) is 1. The fourth-order valence-electron chi connectivity index (χ4n) is 4.51. The Hall–Kier alpha value is -3.10. The van der Waals surface area contributed by atoms with Gasteiger partial charge < -0.3 is 25.0 Å². The van der Waals surface area contributed by atoms with Crippen molar-refractivity contribution in [1.82, 2.24) is 10.2 Å². The minimum atomic E-state index is -0.713. The highest BCUT2D eigenvalue weighted by molar-refractivity contribution is 6.39. The molecule has 2 heterocycles. The van der Waals surface area contributed by atoms with E-state index >= 15 is 0 Å². The number of aryl methyl sites for hydroxylation is 1. The number of nitrogens with zero attached hydrogens (tertiary/aromatic N) is 2. The quantitative estimate of drug-likeness (QED) is 0.654. The fraction of sp³-hybridized carbons (Fsp3) is 0.440. The molecule has 2 amide bonds. The summed E-state index contributed by atoms with van der Waals surface area (Å²) in [5.41, 5.74) is 5.16. The van der Waals surface area contributed by atoms with Crippen LogP contribution in [0.1, 0.15) is 22.7 Å². The summed E-state index contributed by atoms with van der Waals surface area (Å²) in [6, 6.07) is 11.9. The molecule has 2 N–H and O–H groups in total. The van der Waals surface area contributed by atoms with Gasteiger partial charge in [-0.1, -0.05) is 18.2 Å². The highest BCUT2D eigenvalue weighted by Crippen LogP contribution is 2.31. The summed E-state index contributed by atoms with van der Waals surface area (Å²) in [7, 11) is 3.63. The summed E-state index contributed by atoms with van der Waals surface area (Å²) in [5.74, 6) is -0.871. The van der Waals surface area contributed by atoms with E-state index in [0.717, 1.165) is 37.2 Å². The van der Waals surface area contributed by atoms with Crippen molar-refractivity contribution in [1.29, 1.82) is 0 Å². The maximum absolute atomic E-state index is 12.7. The standard InChI is InChI=1S/C25H32N4O4/c1-17-4-7-23(32-3)20(14-17)27-25(31)24(30)26-16-22(29-10-12-33-13-11-29)18-5-6-21-19(15-18)8-9-28(21)2/h4-7,14-15,22H,8-13,16H2,1-3H3,(H,26,30)(H,27,31)/t22-/m0/s1. The van der Waals surface area contributed by atoms with Gasteiger partial charge in [-0.05, 0) is 48.2 Å². The normalized spacial score (nSPS) is 16.8. The Morgan fingerprint density at radius 3 is 2.64 bits per heavy atom. The van der Waals surface area contributed by atoms with Crippen LogP contribution in [-0.4, -0.2) is 70.3 Å². The van der Waals surface area contributed by atoms with E-state index in [1.165, 1.54) is 18.4 Å². The Kier molecular flexibility index (Phi) is 7.15. The van der Waals surface area contributed by atoms with Gasteiger partial charge in [-0.25, -0.2) is 0 Å². The van der Waals surface area contributed by atoms with Crippen molar-refractivity contribution in [3.05, 3.63) is 53.1 Å². The predicted octanol–water partition coefficient (Wildman–Crippen LogP) is 2.12. The minimum Gasteiger partial charge on any atom is -0.495 e. The van der Waals surface area contributed by atoms with Crippen LogP contribution in [0, 0.1) is 6.92 Å². The lowest BCUT2D eigenvalue weighted by molar-refractivity contribution is -0.136. The lowest BCUT2D eigenvalue weighted by Crippen LogP contribution is -2.45. The topological polar surface area (TPSA) is 83.1 Å². The molecule has 0 aromatic heterocycles. The molecule has 4 rings (SSSR count). The van der Waals surface area contributed by atoms with Gasteiger partial charge >= 0.3 is 11.8 Å². The smallest absolute Gasteiger partial charge is 0.313 e. The highest BCUT2D eigenvalue weighted by Gasteiger charge is 2.26. The van der Waals surface area contributed by atoms with Gasteiger partial charge in [-0.3, -0.25) is 14.5 Å². The van der Waals surface area contributed by atoms with E-state index in [9.17, 15) is 9.59 Å². The molecule has 176 valence electrons. The summed E-state index contributed by atoms with van der Waals surface area (Å²) >= 11 is 0. The fourth-order valence-corrected chi connectivity index (χ4v) is 4.51. The van der Waals surface area contributed by atoms with Crippen LogP contribution in [0.25, 0.3) is 0 Å². The average molecular weight is 453 g/mol. The summed E-state index contributed by atoms with van der Waals surface area (Å²) in [5, 5.41) is 5.51. The van der Waals surface area contributed by atoms with E-state index < -0.39 is 11.8 Å². The lowest BCUT2D eigenvalue weighted by atomic mass is 10.0. The minimum absolute atomic E-state index is 0.0321. The van der Waals surface area contributed by atoms with Crippen LogP contribution in [0.4, 0.5) is 11.4 Å². The summed E-state index contributed by atoms with van der Waals surface area (Å²) in [6.07, 6.45) is 1.02. The molecule has 8 heteroatoms. The lowest BCUT2D eigenvalue weighted by Gasteiger charge is -2.35. The molecule has 1 fully saturated rings. The maximum Gasteiger partial charge on any atom is 0.313 e. The van der Waals surface area contributed by atoms with Gasteiger partial charge in [0.1, 0.15) is 5.75 Å². The van der Waals surface area contributed by atoms with Crippen LogP contribution in [0.2, 0.25) is 0 Å². The summed E-state index contributed by atoms with van der Waals surface area (Å²) < 4.78 is 10.8. The van der Waals surface area contributed by atoms with E-state index in [1.54, 1.807) is 12.1 Å². The zero-order chi connectivity index (χ0) is 23.4. The summed E-state index contributed by atoms with van der Waals surface area (Å²) in [6.45, 7) is 6.15. The number of methoxy groups -OCH3 is 1. The van der Waals surface area contributed by atoms with Gasteiger partial charge in [0, 0.05) is 38.9 Å². The number of nitrogens with one attached hydrogen (secondary N) is 2. The summed E-state index contributed by atoms with van der Waals surface area (Å²) in [4.78, 5) is 29.8. The van der Waals surface area contributed by atoms with Crippen molar-refractivity contribution in [3.63, 3.8) is 0 Å². The van der Waals surface area contributed by atoms with Gasteiger partial charge in [0.15, 0.2) is 0 Å². The molecule has 1 saturated heterocycles. The van der Waals surface area contributed by atoms with Crippen molar-refractivity contribution in [3.8, 4) is 5.75 Å². The molecule has 33 heavy (non-hydrogen) atoms. The third-order valence-electron chi connectivity index (χ3n) is 6.37. The third kappa shape index (κ3) is 5.29. The Morgan fingerprint density at radius 1 is 1.09 bits per heavy atom. The van der Waals surface area contributed by atoms with Gasteiger partial charge in [0.05, 0.1) is 32.1 Å². The number of fused-ring (bicyclic) bond motifs is 1. The van der Waals surface area contributed by atoms with E-state index in [2.05, 4.69) is 45.7 Å². The van der Waals surface area contributed by atoms with Crippen molar-refractivity contribution < 1.29 is 19.1 Å². The number of hydrogen-bond donors (Lipinski definition) is 2. The zero-order valence-corrected chi connectivity index (χ0v) is 19.5. The van der Waals surface area contributed by atoms with E-state index in [4.69, 9.17) is 9.47 Å². The number of morpholine rings is 1. The molecule has 0 spiro atoms. The molecule has 0 radical (unpaired) electrons. The number of amides is 2. The molecule has 8 nitrogen and oxygen atoms in total. The highest BCUT2D eigenvalue weighted by atomic mass is 16.5. The van der Waals surface area contributed by atoms with Crippen LogP contribution >= 0.6 is 0 Å². The molecule has 0 unspecified atom stereocenters. The Bertz CT molecular complexity index is 1020. The van der Waals surface area contributed by atoms with E-state index in [-0.39, 0.29) is 6.04 Å². The average Bonchev–Trinajstić information content (AvgIpc) is 3.20. The first-order chi connectivity index (χ1) is 16.0. The van der Waals surface area contributed by atoms with Crippen LogP contribution in [0.5, 0.6) is 5.75 Å². The van der Waals surface area contributed by atoms with Crippen molar-refractivity contribution in [2.75, 3.05) is 63.8 Å². The molecule has 0 aliphatic carbocycles. The molecule has 2 aliphatic heterocycles. The van der Waals surface area contributed by atoms with Crippen LogP contribution in [0.3, 0.4) is 0 Å². The van der Waals surface area contributed by atoms with Crippen LogP contribution in [0.15, 0.2) is 36.4 Å². The van der Waals surface area contributed by atoms with Crippen LogP contribution in [-0.2, 0) is 20.7 Å². The largest absolute Gasteiger partial charge is 0.495 e. The first-order valence-electron chi connectivity index (χ1n) is 11.4. The van der Waals surface area contributed by atoms with Gasteiger partial charge in [0.2, 0.25) is 0 Å². The molecule has 0 bridgehead atoms.